The summed E-state index contributed by atoms with van der Waals surface area (Å²) in [5, 5.41) is 8.55. The van der Waals surface area contributed by atoms with E-state index in [0.717, 1.165) is 19.3 Å². The molecule has 1 N–H and O–H groups in total. The number of carbonyl (C=O) groups is 1. The van der Waals surface area contributed by atoms with Crippen molar-refractivity contribution in [3.05, 3.63) is 35.6 Å². The molecule has 0 spiro atoms. The highest BCUT2D eigenvalue weighted by molar-refractivity contribution is 5.95. The van der Waals surface area contributed by atoms with Gasteiger partial charge in [0.1, 0.15) is 5.82 Å². The molecule has 0 aromatic heterocycles. The number of ketones is 1. The zero-order chi connectivity index (χ0) is 11.1. The summed E-state index contributed by atoms with van der Waals surface area (Å²) in [5.41, 5.74) is 0.556. The Balaban J connectivity index is 2.37. The first-order valence-electron chi connectivity index (χ1n) is 5.13. The second-order valence-electron chi connectivity index (χ2n) is 3.46. The average Bonchev–Trinajstić information content (AvgIpc) is 2.25. The van der Waals surface area contributed by atoms with Crippen LogP contribution in [0.15, 0.2) is 24.3 Å². The van der Waals surface area contributed by atoms with Gasteiger partial charge in [0.2, 0.25) is 0 Å². The Morgan fingerprint density at radius 2 is 1.80 bits per heavy atom. The topological polar surface area (TPSA) is 37.3 Å². The fraction of sp³-hybridized carbons (Fsp3) is 0.417. The van der Waals surface area contributed by atoms with Crippen molar-refractivity contribution in [3.63, 3.8) is 0 Å². The fourth-order valence-corrected chi connectivity index (χ4v) is 1.35. The molecule has 0 atom stereocenters. The van der Waals surface area contributed by atoms with Gasteiger partial charge in [-0.3, -0.25) is 4.79 Å². The van der Waals surface area contributed by atoms with Crippen molar-refractivity contribution < 1.29 is 14.3 Å². The smallest absolute Gasteiger partial charge is 0.162 e. The molecule has 0 fully saturated rings. The van der Waals surface area contributed by atoms with E-state index >= 15 is 0 Å². The number of unbranched alkanes of at least 4 members (excludes halogenated alkanes) is 2. The van der Waals surface area contributed by atoms with Gasteiger partial charge in [-0.25, -0.2) is 4.39 Å². The number of halogens is 1. The van der Waals surface area contributed by atoms with Gasteiger partial charge in [-0.15, -0.1) is 0 Å². The monoisotopic (exact) mass is 210 g/mol. The molecule has 0 saturated heterocycles. The fourth-order valence-electron chi connectivity index (χ4n) is 1.35. The number of rotatable bonds is 6. The van der Waals surface area contributed by atoms with Crippen molar-refractivity contribution >= 4 is 5.78 Å². The molecule has 0 bridgehead atoms. The third-order valence-electron chi connectivity index (χ3n) is 2.23. The van der Waals surface area contributed by atoms with E-state index in [1.165, 1.54) is 24.3 Å². The Morgan fingerprint density at radius 1 is 1.13 bits per heavy atom. The van der Waals surface area contributed by atoms with Crippen molar-refractivity contribution in [1.29, 1.82) is 0 Å². The first kappa shape index (κ1) is 11.9. The Labute approximate surface area is 88.7 Å². The summed E-state index contributed by atoms with van der Waals surface area (Å²) in [7, 11) is 0. The van der Waals surface area contributed by atoms with Gasteiger partial charge in [-0.05, 0) is 37.1 Å². The third-order valence-corrected chi connectivity index (χ3v) is 2.23. The highest BCUT2D eigenvalue weighted by atomic mass is 19.1. The zero-order valence-corrected chi connectivity index (χ0v) is 8.58. The molecule has 0 radical (unpaired) electrons. The molecular weight excluding hydrogens is 195 g/mol. The lowest BCUT2D eigenvalue weighted by molar-refractivity contribution is 0.0978. The number of benzene rings is 1. The summed E-state index contributed by atoms with van der Waals surface area (Å²) in [6.07, 6.45) is 2.82. The SMILES string of the molecule is O=C(CCCCCO)c1ccc(F)cc1. The minimum atomic E-state index is -0.327. The van der Waals surface area contributed by atoms with E-state index < -0.39 is 0 Å². The van der Waals surface area contributed by atoms with Gasteiger partial charge in [-0.1, -0.05) is 6.42 Å². The normalized spacial score (nSPS) is 10.3. The molecule has 0 amide bonds. The van der Waals surface area contributed by atoms with Crippen LogP contribution in [0, 0.1) is 5.82 Å². The van der Waals surface area contributed by atoms with E-state index in [1.807, 2.05) is 0 Å². The molecular formula is C12H15FO2. The van der Waals surface area contributed by atoms with Crippen LogP contribution < -0.4 is 0 Å². The highest BCUT2D eigenvalue weighted by Gasteiger charge is 2.04. The first-order chi connectivity index (χ1) is 7.24. The summed E-state index contributed by atoms with van der Waals surface area (Å²) >= 11 is 0. The van der Waals surface area contributed by atoms with E-state index in [9.17, 15) is 9.18 Å². The number of Topliss-reactive ketones (excluding diaryl/α,β-unsaturated/α-hetero) is 1. The molecule has 0 aliphatic heterocycles. The van der Waals surface area contributed by atoms with Crippen LogP contribution in [0.2, 0.25) is 0 Å². The molecule has 0 saturated carbocycles. The Bertz CT molecular complexity index is 306. The molecule has 15 heavy (non-hydrogen) atoms. The lowest BCUT2D eigenvalue weighted by Gasteiger charge is -2.00. The molecule has 0 aliphatic rings. The van der Waals surface area contributed by atoms with Crippen molar-refractivity contribution in [2.75, 3.05) is 6.61 Å². The molecule has 0 aliphatic carbocycles. The molecule has 0 unspecified atom stereocenters. The van der Waals surface area contributed by atoms with Gasteiger partial charge in [0.25, 0.3) is 0 Å². The standard InChI is InChI=1S/C12H15FO2/c13-11-7-5-10(6-8-11)12(15)4-2-1-3-9-14/h5-8,14H,1-4,9H2. The second-order valence-corrected chi connectivity index (χ2v) is 3.46. The van der Waals surface area contributed by atoms with Gasteiger partial charge < -0.3 is 5.11 Å². The van der Waals surface area contributed by atoms with Crippen LogP contribution in [-0.2, 0) is 0 Å². The second kappa shape index (κ2) is 6.30. The highest BCUT2D eigenvalue weighted by Crippen LogP contribution is 2.09. The van der Waals surface area contributed by atoms with Crippen LogP contribution in [0.25, 0.3) is 0 Å². The van der Waals surface area contributed by atoms with Crippen molar-refractivity contribution in [3.8, 4) is 0 Å². The Hall–Kier alpha value is -1.22. The third kappa shape index (κ3) is 4.21. The molecule has 2 nitrogen and oxygen atoms in total. The van der Waals surface area contributed by atoms with Crippen LogP contribution in [0.3, 0.4) is 0 Å². The number of hydrogen-bond donors (Lipinski definition) is 1. The number of aliphatic hydroxyl groups excluding tert-OH is 1. The summed E-state index contributed by atoms with van der Waals surface area (Å²) in [6, 6.07) is 5.59. The minimum absolute atomic E-state index is 0.0351. The van der Waals surface area contributed by atoms with Gasteiger partial charge >= 0.3 is 0 Å². The zero-order valence-electron chi connectivity index (χ0n) is 8.58. The Morgan fingerprint density at radius 3 is 2.40 bits per heavy atom. The Kier molecular flexibility index (Phi) is 4.98. The summed E-state index contributed by atoms with van der Waals surface area (Å²) in [4.78, 5) is 11.5. The molecule has 1 rings (SSSR count). The average molecular weight is 210 g/mol. The largest absolute Gasteiger partial charge is 0.396 e. The summed E-state index contributed by atoms with van der Waals surface area (Å²) in [6.45, 7) is 0.171. The molecule has 0 heterocycles. The molecule has 1 aromatic rings. The predicted molar refractivity (Wildman–Crippen MR) is 56.3 cm³/mol. The van der Waals surface area contributed by atoms with Crippen molar-refractivity contribution in [1.82, 2.24) is 0 Å². The van der Waals surface area contributed by atoms with Crippen LogP contribution in [0.1, 0.15) is 36.0 Å². The van der Waals surface area contributed by atoms with E-state index in [0.29, 0.717) is 12.0 Å². The van der Waals surface area contributed by atoms with Crippen LogP contribution in [0.5, 0.6) is 0 Å². The lowest BCUT2D eigenvalue weighted by atomic mass is 10.0. The van der Waals surface area contributed by atoms with Crippen molar-refractivity contribution in [2.24, 2.45) is 0 Å². The number of hydrogen-bond acceptors (Lipinski definition) is 2. The minimum Gasteiger partial charge on any atom is -0.396 e. The van der Waals surface area contributed by atoms with Crippen LogP contribution in [0.4, 0.5) is 4.39 Å². The van der Waals surface area contributed by atoms with Gasteiger partial charge in [0.15, 0.2) is 5.78 Å². The van der Waals surface area contributed by atoms with Gasteiger partial charge in [0.05, 0.1) is 0 Å². The van der Waals surface area contributed by atoms with Gasteiger partial charge in [0, 0.05) is 18.6 Å². The maximum Gasteiger partial charge on any atom is 0.162 e. The quantitative estimate of drug-likeness (QED) is 0.578. The number of carbonyl (C=O) groups excluding carboxylic acids is 1. The summed E-state index contributed by atoms with van der Waals surface area (Å²) in [5.74, 6) is -0.292. The first-order valence-corrected chi connectivity index (χ1v) is 5.13. The van der Waals surface area contributed by atoms with Crippen LogP contribution in [-0.4, -0.2) is 17.5 Å². The molecule has 1 aromatic carbocycles. The van der Waals surface area contributed by atoms with Crippen LogP contribution >= 0.6 is 0 Å². The maximum atomic E-state index is 12.6. The van der Waals surface area contributed by atoms with Gasteiger partial charge in [-0.2, -0.15) is 0 Å². The summed E-state index contributed by atoms with van der Waals surface area (Å²) < 4.78 is 12.6. The molecule has 82 valence electrons. The van der Waals surface area contributed by atoms with Crippen molar-refractivity contribution in [2.45, 2.75) is 25.7 Å². The van der Waals surface area contributed by atoms with E-state index in [1.54, 1.807) is 0 Å². The van der Waals surface area contributed by atoms with E-state index in [4.69, 9.17) is 5.11 Å². The number of aliphatic hydroxyl groups is 1. The lowest BCUT2D eigenvalue weighted by Crippen LogP contribution is -1.99. The maximum absolute atomic E-state index is 12.6. The van der Waals surface area contributed by atoms with E-state index in [-0.39, 0.29) is 18.2 Å². The van der Waals surface area contributed by atoms with E-state index in [2.05, 4.69) is 0 Å². The molecule has 3 heteroatoms. The predicted octanol–water partition coefficient (Wildman–Crippen LogP) is 2.56.